The second-order valence-corrected chi connectivity index (χ2v) is 6.81. The standard InChI is InChI=1S/C14H19BrClNO/c1-9-4-5-14(7-9,8-17)13(18)11-3-2-10(15)6-12(11)16/h2-3,6,9,13,18H,4-5,7-8,17H2,1H3. The van der Waals surface area contributed by atoms with Crippen molar-refractivity contribution in [3.05, 3.63) is 33.3 Å². The van der Waals surface area contributed by atoms with E-state index in [9.17, 15) is 5.11 Å². The van der Waals surface area contributed by atoms with E-state index in [1.165, 1.54) is 0 Å². The number of rotatable bonds is 3. The minimum atomic E-state index is -0.576. The van der Waals surface area contributed by atoms with Gasteiger partial charge in [-0.2, -0.15) is 0 Å². The lowest BCUT2D eigenvalue weighted by Gasteiger charge is -2.34. The maximum Gasteiger partial charge on any atom is 0.0872 e. The fraction of sp³-hybridized carbons (Fsp3) is 0.571. The monoisotopic (exact) mass is 331 g/mol. The third-order valence-electron chi connectivity index (χ3n) is 4.13. The van der Waals surface area contributed by atoms with Crippen LogP contribution in [-0.4, -0.2) is 11.7 Å². The predicted octanol–water partition coefficient (Wildman–Crippen LogP) is 3.90. The van der Waals surface area contributed by atoms with Crippen LogP contribution in [0.25, 0.3) is 0 Å². The molecule has 1 aromatic rings. The highest BCUT2D eigenvalue weighted by Crippen LogP contribution is 2.50. The van der Waals surface area contributed by atoms with E-state index in [-0.39, 0.29) is 5.41 Å². The van der Waals surface area contributed by atoms with E-state index in [1.54, 1.807) is 0 Å². The smallest absolute Gasteiger partial charge is 0.0872 e. The number of hydrogen-bond donors (Lipinski definition) is 2. The van der Waals surface area contributed by atoms with Crippen LogP contribution in [-0.2, 0) is 0 Å². The summed E-state index contributed by atoms with van der Waals surface area (Å²) in [5.74, 6) is 0.623. The Morgan fingerprint density at radius 1 is 1.61 bits per heavy atom. The van der Waals surface area contributed by atoms with Gasteiger partial charge in [0.05, 0.1) is 6.10 Å². The summed E-state index contributed by atoms with van der Waals surface area (Å²) >= 11 is 9.61. The van der Waals surface area contributed by atoms with Crippen molar-refractivity contribution in [2.75, 3.05) is 6.54 Å². The first kappa shape index (κ1) is 14.3. The predicted molar refractivity (Wildman–Crippen MR) is 78.6 cm³/mol. The van der Waals surface area contributed by atoms with E-state index in [1.807, 2.05) is 18.2 Å². The molecule has 1 aliphatic carbocycles. The van der Waals surface area contributed by atoms with Gasteiger partial charge in [-0.05, 0) is 36.5 Å². The van der Waals surface area contributed by atoms with Crippen LogP contribution in [0.5, 0.6) is 0 Å². The SMILES string of the molecule is CC1CCC(CN)(C(O)c2ccc(Br)cc2Cl)C1. The molecule has 3 atom stereocenters. The molecule has 1 fully saturated rings. The van der Waals surface area contributed by atoms with E-state index in [0.29, 0.717) is 17.5 Å². The Balaban J connectivity index is 2.32. The molecule has 2 nitrogen and oxygen atoms in total. The van der Waals surface area contributed by atoms with Crippen molar-refractivity contribution in [1.82, 2.24) is 0 Å². The van der Waals surface area contributed by atoms with Gasteiger partial charge in [0.1, 0.15) is 0 Å². The summed E-state index contributed by atoms with van der Waals surface area (Å²) in [7, 11) is 0. The van der Waals surface area contributed by atoms with E-state index >= 15 is 0 Å². The number of halogens is 2. The highest BCUT2D eigenvalue weighted by Gasteiger charge is 2.43. The number of aliphatic hydroxyl groups excluding tert-OH is 1. The number of benzene rings is 1. The number of hydrogen-bond acceptors (Lipinski definition) is 2. The first-order valence-electron chi connectivity index (χ1n) is 6.31. The molecule has 0 amide bonds. The van der Waals surface area contributed by atoms with Gasteiger partial charge in [-0.1, -0.05) is 46.9 Å². The molecule has 4 heteroatoms. The van der Waals surface area contributed by atoms with Gasteiger partial charge < -0.3 is 10.8 Å². The Bertz CT molecular complexity index is 440. The number of nitrogens with two attached hydrogens (primary N) is 1. The van der Waals surface area contributed by atoms with Crippen LogP contribution in [0.1, 0.15) is 37.9 Å². The Kier molecular flexibility index (Phi) is 4.37. The van der Waals surface area contributed by atoms with Crippen LogP contribution in [0.4, 0.5) is 0 Å². The second kappa shape index (κ2) is 5.49. The summed E-state index contributed by atoms with van der Waals surface area (Å²) in [6.45, 7) is 2.72. The maximum absolute atomic E-state index is 10.7. The molecule has 0 bridgehead atoms. The van der Waals surface area contributed by atoms with Crippen LogP contribution < -0.4 is 5.73 Å². The summed E-state index contributed by atoms with van der Waals surface area (Å²) in [5.41, 5.74) is 6.52. The lowest BCUT2D eigenvalue weighted by atomic mass is 9.77. The Labute approximate surface area is 122 Å². The third-order valence-corrected chi connectivity index (χ3v) is 4.95. The molecule has 0 heterocycles. The molecule has 3 N–H and O–H groups in total. The quantitative estimate of drug-likeness (QED) is 0.882. The minimum absolute atomic E-state index is 0.211. The van der Waals surface area contributed by atoms with Gasteiger partial charge in [-0.15, -0.1) is 0 Å². The molecule has 100 valence electrons. The fourth-order valence-electron chi connectivity index (χ4n) is 3.03. The van der Waals surface area contributed by atoms with Crippen molar-refractivity contribution >= 4 is 27.5 Å². The molecule has 0 saturated heterocycles. The molecule has 1 aromatic carbocycles. The van der Waals surface area contributed by atoms with E-state index in [0.717, 1.165) is 29.3 Å². The van der Waals surface area contributed by atoms with Crippen LogP contribution in [0.2, 0.25) is 5.02 Å². The van der Waals surface area contributed by atoms with Crippen molar-refractivity contribution in [2.24, 2.45) is 17.1 Å². The van der Waals surface area contributed by atoms with Crippen molar-refractivity contribution in [3.63, 3.8) is 0 Å². The number of aliphatic hydroxyl groups is 1. The Morgan fingerprint density at radius 3 is 2.83 bits per heavy atom. The molecular weight excluding hydrogens is 314 g/mol. The summed E-state index contributed by atoms with van der Waals surface area (Å²) in [5, 5.41) is 11.3. The van der Waals surface area contributed by atoms with Crippen LogP contribution in [0, 0.1) is 11.3 Å². The summed E-state index contributed by atoms with van der Waals surface area (Å²) < 4.78 is 0.921. The molecule has 1 aliphatic rings. The van der Waals surface area contributed by atoms with Crippen molar-refractivity contribution in [1.29, 1.82) is 0 Å². The van der Waals surface area contributed by atoms with E-state index in [2.05, 4.69) is 22.9 Å². The second-order valence-electron chi connectivity index (χ2n) is 5.48. The molecule has 0 radical (unpaired) electrons. The van der Waals surface area contributed by atoms with E-state index in [4.69, 9.17) is 17.3 Å². The molecule has 3 unspecified atom stereocenters. The molecular formula is C14H19BrClNO. The van der Waals surface area contributed by atoms with Gasteiger partial charge in [-0.3, -0.25) is 0 Å². The van der Waals surface area contributed by atoms with E-state index < -0.39 is 6.10 Å². The molecule has 18 heavy (non-hydrogen) atoms. The minimum Gasteiger partial charge on any atom is -0.388 e. The molecule has 0 aliphatic heterocycles. The molecule has 0 aromatic heterocycles. The summed E-state index contributed by atoms with van der Waals surface area (Å²) in [6.07, 6.45) is 2.49. The Morgan fingerprint density at radius 2 is 2.33 bits per heavy atom. The zero-order valence-corrected chi connectivity index (χ0v) is 12.8. The van der Waals surface area contributed by atoms with Gasteiger partial charge in [-0.25, -0.2) is 0 Å². The average molecular weight is 333 g/mol. The largest absolute Gasteiger partial charge is 0.388 e. The zero-order valence-electron chi connectivity index (χ0n) is 10.5. The van der Waals surface area contributed by atoms with Crippen LogP contribution in [0.3, 0.4) is 0 Å². The van der Waals surface area contributed by atoms with Crippen molar-refractivity contribution in [2.45, 2.75) is 32.3 Å². The van der Waals surface area contributed by atoms with Gasteiger partial charge >= 0.3 is 0 Å². The maximum atomic E-state index is 10.7. The molecule has 2 rings (SSSR count). The van der Waals surface area contributed by atoms with Gasteiger partial charge in [0, 0.05) is 21.5 Å². The molecule has 1 saturated carbocycles. The fourth-order valence-corrected chi connectivity index (χ4v) is 3.81. The average Bonchev–Trinajstić information content (AvgIpc) is 2.71. The summed E-state index contributed by atoms with van der Waals surface area (Å²) in [4.78, 5) is 0. The Hall–Kier alpha value is -0.0900. The van der Waals surface area contributed by atoms with Gasteiger partial charge in [0.25, 0.3) is 0 Å². The zero-order chi connectivity index (χ0) is 13.3. The normalized spacial score (nSPS) is 29.5. The van der Waals surface area contributed by atoms with Gasteiger partial charge in [0.2, 0.25) is 0 Å². The van der Waals surface area contributed by atoms with Crippen LogP contribution >= 0.6 is 27.5 Å². The highest BCUT2D eigenvalue weighted by molar-refractivity contribution is 9.10. The topological polar surface area (TPSA) is 46.2 Å². The molecule has 0 spiro atoms. The van der Waals surface area contributed by atoms with Gasteiger partial charge in [0.15, 0.2) is 0 Å². The van der Waals surface area contributed by atoms with Crippen LogP contribution in [0.15, 0.2) is 22.7 Å². The van der Waals surface area contributed by atoms with Crippen molar-refractivity contribution in [3.8, 4) is 0 Å². The first-order chi connectivity index (χ1) is 8.48. The lowest BCUT2D eigenvalue weighted by Crippen LogP contribution is -2.34. The highest BCUT2D eigenvalue weighted by atomic mass is 79.9. The van der Waals surface area contributed by atoms with Crippen molar-refractivity contribution < 1.29 is 5.11 Å². The summed E-state index contributed by atoms with van der Waals surface area (Å²) in [6, 6.07) is 5.62. The first-order valence-corrected chi connectivity index (χ1v) is 7.49. The third kappa shape index (κ3) is 2.60. The lowest BCUT2D eigenvalue weighted by molar-refractivity contribution is 0.0308.